The SMILES string of the molecule is COc1cc(/C=N/NC(=O)[C@@H](C)n2nnc3ccccc32)cc(Cl)c1O. The predicted molar refractivity (Wildman–Crippen MR) is 97.6 cm³/mol. The van der Waals surface area contributed by atoms with Gasteiger partial charge in [0.15, 0.2) is 11.5 Å². The highest BCUT2D eigenvalue weighted by Crippen LogP contribution is 2.34. The summed E-state index contributed by atoms with van der Waals surface area (Å²) in [6.07, 6.45) is 1.40. The van der Waals surface area contributed by atoms with E-state index in [9.17, 15) is 9.90 Å². The smallest absolute Gasteiger partial charge is 0.264 e. The molecule has 8 nitrogen and oxygen atoms in total. The fraction of sp³-hybridized carbons (Fsp3) is 0.176. The minimum Gasteiger partial charge on any atom is -0.503 e. The number of halogens is 1. The highest BCUT2D eigenvalue weighted by molar-refractivity contribution is 6.32. The van der Waals surface area contributed by atoms with Crippen molar-refractivity contribution >= 4 is 34.8 Å². The second-order valence-corrected chi connectivity index (χ2v) is 5.89. The van der Waals surface area contributed by atoms with Crippen molar-refractivity contribution in [2.75, 3.05) is 7.11 Å². The summed E-state index contributed by atoms with van der Waals surface area (Å²) in [6.45, 7) is 1.70. The molecular weight excluding hydrogens is 358 g/mol. The minimum atomic E-state index is -0.600. The van der Waals surface area contributed by atoms with Crippen LogP contribution in [-0.4, -0.2) is 39.3 Å². The molecule has 0 fully saturated rings. The number of benzene rings is 2. The molecular formula is C17H16ClN5O3. The quantitative estimate of drug-likeness (QED) is 0.528. The molecule has 0 aliphatic rings. The molecule has 0 aliphatic heterocycles. The Labute approximate surface area is 154 Å². The van der Waals surface area contributed by atoms with Gasteiger partial charge in [-0.05, 0) is 36.8 Å². The number of hydrogen-bond donors (Lipinski definition) is 2. The molecule has 1 atom stereocenters. The maximum Gasteiger partial charge on any atom is 0.264 e. The van der Waals surface area contributed by atoms with Gasteiger partial charge >= 0.3 is 0 Å². The van der Waals surface area contributed by atoms with E-state index in [1.165, 1.54) is 24.1 Å². The number of aromatic hydroxyl groups is 1. The van der Waals surface area contributed by atoms with Crippen molar-refractivity contribution in [3.8, 4) is 11.5 Å². The number of nitrogens with one attached hydrogen (secondary N) is 1. The summed E-state index contributed by atoms with van der Waals surface area (Å²) in [4.78, 5) is 12.3. The Balaban J connectivity index is 1.72. The molecule has 3 rings (SSSR count). The number of carbonyl (C=O) groups is 1. The van der Waals surface area contributed by atoms with E-state index >= 15 is 0 Å². The third-order valence-corrected chi connectivity index (χ3v) is 4.07. The number of carbonyl (C=O) groups excluding carboxylic acids is 1. The van der Waals surface area contributed by atoms with Crippen LogP contribution in [0.25, 0.3) is 11.0 Å². The second kappa shape index (κ2) is 7.40. The Hall–Kier alpha value is -3.13. The molecule has 2 aromatic carbocycles. The number of nitrogens with zero attached hydrogens (tertiary/aromatic N) is 4. The van der Waals surface area contributed by atoms with Crippen molar-refractivity contribution in [1.29, 1.82) is 0 Å². The standard InChI is InChI=1S/C17H16ClN5O3/c1-10(23-14-6-4-3-5-13(14)20-22-23)17(25)21-19-9-11-7-12(18)16(24)15(8-11)26-2/h3-10,24H,1-2H3,(H,21,25)/b19-9+/t10-/m1/s1. The number of amides is 1. The van der Waals surface area contributed by atoms with Gasteiger partial charge in [0.05, 0.1) is 23.9 Å². The predicted octanol–water partition coefficient (Wildman–Crippen LogP) is 2.51. The largest absolute Gasteiger partial charge is 0.503 e. The molecule has 134 valence electrons. The van der Waals surface area contributed by atoms with Gasteiger partial charge in [-0.1, -0.05) is 28.9 Å². The first kappa shape index (κ1) is 17.7. The molecule has 1 heterocycles. The van der Waals surface area contributed by atoms with E-state index in [2.05, 4.69) is 20.8 Å². The van der Waals surface area contributed by atoms with Crippen LogP contribution in [0.15, 0.2) is 41.5 Å². The number of aromatic nitrogens is 3. The molecule has 1 amide bonds. The summed E-state index contributed by atoms with van der Waals surface area (Å²) in [5, 5.41) is 21.8. The molecule has 0 saturated heterocycles. The third kappa shape index (κ3) is 3.45. The van der Waals surface area contributed by atoms with Gasteiger partial charge in [-0.25, -0.2) is 10.1 Å². The van der Waals surface area contributed by atoms with Crippen molar-refractivity contribution in [2.24, 2.45) is 5.10 Å². The van der Waals surface area contributed by atoms with Crippen LogP contribution in [0.2, 0.25) is 5.02 Å². The van der Waals surface area contributed by atoms with Gasteiger partial charge in [0.1, 0.15) is 11.6 Å². The first-order chi connectivity index (χ1) is 12.5. The van der Waals surface area contributed by atoms with Gasteiger partial charge in [0.2, 0.25) is 0 Å². The summed E-state index contributed by atoms with van der Waals surface area (Å²) < 4.78 is 6.55. The Morgan fingerprint density at radius 2 is 2.19 bits per heavy atom. The molecule has 0 bridgehead atoms. The van der Waals surface area contributed by atoms with E-state index in [4.69, 9.17) is 16.3 Å². The average Bonchev–Trinajstić information content (AvgIpc) is 3.07. The number of hydrogen-bond acceptors (Lipinski definition) is 6. The molecule has 3 aromatic rings. The Morgan fingerprint density at radius 1 is 1.42 bits per heavy atom. The van der Waals surface area contributed by atoms with Gasteiger partial charge in [0.25, 0.3) is 5.91 Å². The van der Waals surface area contributed by atoms with Gasteiger partial charge in [-0.15, -0.1) is 5.10 Å². The molecule has 0 aliphatic carbocycles. The van der Waals surface area contributed by atoms with Crippen LogP contribution in [0, 0.1) is 0 Å². The summed E-state index contributed by atoms with van der Waals surface area (Å²) in [7, 11) is 1.41. The summed E-state index contributed by atoms with van der Waals surface area (Å²) in [6, 6.07) is 9.82. The lowest BCUT2D eigenvalue weighted by molar-refractivity contribution is -0.124. The number of rotatable bonds is 5. The fourth-order valence-electron chi connectivity index (χ4n) is 2.37. The lowest BCUT2D eigenvalue weighted by atomic mass is 10.2. The molecule has 0 saturated carbocycles. The molecule has 1 aromatic heterocycles. The van der Waals surface area contributed by atoms with Gasteiger partial charge in [-0.3, -0.25) is 4.79 Å². The Bertz CT molecular complexity index is 986. The lowest BCUT2D eigenvalue weighted by Gasteiger charge is -2.10. The maximum atomic E-state index is 12.3. The zero-order valence-corrected chi connectivity index (χ0v) is 14.8. The first-order valence-electron chi connectivity index (χ1n) is 7.70. The van der Waals surface area contributed by atoms with Crippen molar-refractivity contribution in [2.45, 2.75) is 13.0 Å². The molecule has 0 radical (unpaired) electrons. The normalized spacial score (nSPS) is 12.4. The molecule has 26 heavy (non-hydrogen) atoms. The molecule has 9 heteroatoms. The van der Waals surface area contributed by atoms with Gasteiger partial charge in [0, 0.05) is 0 Å². The van der Waals surface area contributed by atoms with E-state index in [1.54, 1.807) is 13.0 Å². The highest BCUT2D eigenvalue weighted by atomic mass is 35.5. The highest BCUT2D eigenvalue weighted by Gasteiger charge is 2.18. The van der Waals surface area contributed by atoms with Crippen molar-refractivity contribution in [3.63, 3.8) is 0 Å². The number of fused-ring (bicyclic) bond motifs is 1. The number of methoxy groups -OCH3 is 1. The maximum absolute atomic E-state index is 12.3. The van der Waals surface area contributed by atoms with E-state index in [-0.39, 0.29) is 22.4 Å². The van der Waals surface area contributed by atoms with Crippen molar-refractivity contribution in [3.05, 3.63) is 47.0 Å². The Kier molecular flexibility index (Phi) is 5.04. The van der Waals surface area contributed by atoms with Crippen LogP contribution < -0.4 is 10.2 Å². The van der Waals surface area contributed by atoms with Crippen molar-refractivity contribution < 1.29 is 14.6 Å². The van der Waals surface area contributed by atoms with Crippen LogP contribution in [-0.2, 0) is 4.79 Å². The van der Waals surface area contributed by atoms with E-state index in [0.29, 0.717) is 11.1 Å². The molecule has 0 spiro atoms. The van der Waals surface area contributed by atoms with Crippen LogP contribution in [0.5, 0.6) is 11.5 Å². The zero-order valence-electron chi connectivity index (χ0n) is 14.0. The van der Waals surface area contributed by atoms with Crippen LogP contribution in [0.3, 0.4) is 0 Å². The number of phenols is 1. The van der Waals surface area contributed by atoms with Gasteiger partial charge < -0.3 is 9.84 Å². The molecule has 2 N–H and O–H groups in total. The Morgan fingerprint density at radius 3 is 2.96 bits per heavy atom. The number of ether oxygens (including phenoxy) is 1. The average molecular weight is 374 g/mol. The third-order valence-electron chi connectivity index (χ3n) is 3.78. The number of para-hydroxylation sites is 1. The van der Waals surface area contributed by atoms with Crippen LogP contribution >= 0.6 is 11.6 Å². The summed E-state index contributed by atoms with van der Waals surface area (Å²) >= 11 is 5.92. The fourth-order valence-corrected chi connectivity index (χ4v) is 2.59. The van der Waals surface area contributed by atoms with Crippen LogP contribution in [0.4, 0.5) is 0 Å². The first-order valence-corrected chi connectivity index (χ1v) is 8.08. The van der Waals surface area contributed by atoms with E-state index in [1.807, 2.05) is 24.3 Å². The molecule has 0 unspecified atom stereocenters. The lowest BCUT2D eigenvalue weighted by Crippen LogP contribution is -2.28. The van der Waals surface area contributed by atoms with E-state index in [0.717, 1.165) is 5.52 Å². The van der Waals surface area contributed by atoms with Gasteiger partial charge in [-0.2, -0.15) is 5.10 Å². The number of phenolic OH excluding ortho intramolecular Hbond substituents is 1. The van der Waals surface area contributed by atoms with Crippen LogP contribution in [0.1, 0.15) is 18.5 Å². The zero-order chi connectivity index (χ0) is 18.7. The second-order valence-electron chi connectivity index (χ2n) is 5.49. The van der Waals surface area contributed by atoms with Crippen molar-refractivity contribution in [1.82, 2.24) is 20.4 Å². The summed E-state index contributed by atoms with van der Waals surface area (Å²) in [5.41, 5.74) is 4.48. The number of hydrazone groups is 1. The topological polar surface area (TPSA) is 102 Å². The monoisotopic (exact) mass is 373 g/mol. The minimum absolute atomic E-state index is 0.125. The summed E-state index contributed by atoms with van der Waals surface area (Å²) in [5.74, 6) is -0.288. The van der Waals surface area contributed by atoms with E-state index < -0.39 is 6.04 Å².